The summed E-state index contributed by atoms with van der Waals surface area (Å²) in [7, 11) is 2.96. The van der Waals surface area contributed by atoms with Gasteiger partial charge in [-0.3, -0.25) is 4.79 Å². The van der Waals surface area contributed by atoms with E-state index in [-0.39, 0.29) is 29.8 Å². The molecule has 0 aliphatic heterocycles. The quantitative estimate of drug-likeness (QED) is 0.378. The number of hydrogen-bond donors (Lipinski definition) is 2. The Kier molecular flexibility index (Phi) is 7.80. The fraction of sp³-hybridized carbons (Fsp3) is 0.278. The van der Waals surface area contributed by atoms with E-state index in [1.807, 2.05) is 0 Å². The molecule has 0 aromatic heterocycles. The van der Waals surface area contributed by atoms with Crippen molar-refractivity contribution >= 4 is 29.5 Å². The van der Waals surface area contributed by atoms with Gasteiger partial charge in [0.1, 0.15) is 6.61 Å². The molecule has 0 radical (unpaired) electrons. The molecule has 26 heavy (non-hydrogen) atoms. The van der Waals surface area contributed by atoms with Gasteiger partial charge >= 0.3 is 5.97 Å². The van der Waals surface area contributed by atoms with Gasteiger partial charge in [-0.05, 0) is 36.4 Å². The number of benzene rings is 2. The Morgan fingerprint density at radius 3 is 2.00 bits per heavy atom. The van der Waals surface area contributed by atoms with Crippen LogP contribution in [0.5, 0.6) is 23.0 Å². The van der Waals surface area contributed by atoms with Crippen LogP contribution in [-0.2, 0) is 9.53 Å². The summed E-state index contributed by atoms with van der Waals surface area (Å²) in [6.07, 6.45) is 0. The molecule has 6 nitrogen and oxygen atoms in total. The second kappa shape index (κ2) is 10.1. The third kappa shape index (κ3) is 5.96. The normalized spacial score (nSPS) is 10.4. The van der Waals surface area contributed by atoms with Crippen molar-refractivity contribution in [2.24, 2.45) is 0 Å². The SMILES string of the molecule is COc1cc(SCCOC(=O)CSc2ccc(O)c(OC)c2)ccc1O. The highest BCUT2D eigenvalue weighted by molar-refractivity contribution is 8.00. The molecule has 2 N–H and O–H groups in total. The van der Waals surface area contributed by atoms with E-state index in [0.717, 1.165) is 9.79 Å². The number of phenols is 2. The molecule has 0 bridgehead atoms. The summed E-state index contributed by atoms with van der Waals surface area (Å²) in [5.74, 6) is 1.37. The maximum atomic E-state index is 11.8. The van der Waals surface area contributed by atoms with E-state index >= 15 is 0 Å². The smallest absolute Gasteiger partial charge is 0.316 e. The number of methoxy groups -OCH3 is 2. The average Bonchev–Trinajstić information content (AvgIpc) is 2.65. The number of ether oxygens (including phenoxy) is 3. The highest BCUT2D eigenvalue weighted by atomic mass is 32.2. The molecular weight excluding hydrogens is 376 g/mol. The summed E-state index contributed by atoms with van der Waals surface area (Å²) in [6, 6.07) is 9.98. The van der Waals surface area contributed by atoms with Crippen LogP contribution in [-0.4, -0.2) is 48.5 Å². The molecule has 0 aliphatic rings. The van der Waals surface area contributed by atoms with Crippen LogP contribution >= 0.6 is 23.5 Å². The minimum absolute atomic E-state index is 0.0577. The van der Waals surface area contributed by atoms with Gasteiger partial charge in [-0.15, -0.1) is 23.5 Å². The van der Waals surface area contributed by atoms with E-state index in [9.17, 15) is 15.0 Å². The van der Waals surface area contributed by atoms with Crippen LogP contribution in [0.2, 0.25) is 0 Å². The number of phenolic OH excluding ortho intramolecular Hbond substituents is 2. The zero-order chi connectivity index (χ0) is 18.9. The van der Waals surface area contributed by atoms with E-state index < -0.39 is 0 Å². The Morgan fingerprint density at radius 1 is 0.923 bits per heavy atom. The van der Waals surface area contributed by atoms with Crippen LogP contribution in [0.25, 0.3) is 0 Å². The van der Waals surface area contributed by atoms with Gasteiger partial charge in [-0.25, -0.2) is 0 Å². The molecule has 0 unspecified atom stereocenters. The highest BCUT2D eigenvalue weighted by Gasteiger charge is 2.08. The predicted octanol–water partition coefficient (Wildman–Crippen LogP) is 3.54. The van der Waals surface area contributed by atoms with Crippen LogP contribution in [0.15, 0.2) is 46.2 Å². The van der Waals surface area contributed by atoms with Gasteiger partial charge in [0.2, 0.25) is 0 Å². The van der Waals surface area contributed by atoms with Crippen LogP contribution in [0.3, 0.4) is 0 Å². The van der Waals surface area contributed by atoms with Crippen molar-refractivity contribution in [3.8, 4) is 23.0 Å². The van der Waals surface area contributed by atoms with Gasteiger partial charge in [0.15, 0.2) is 23.0 Å². The number of aromatic hydroxyl groups is 2. The molecule has 0 saturated carbocycles. The molecule has 2 rings (SSSR count). The Bertz CT molecular complexity index is 750. The molecule has 0 fully saturated rings. The predicted molar refractivity (Wildman–Crippen MR) is 102 cm³/mol. The van der Waals surface area contributed by atoms with Crippen molar-refractivity contribution in [2.75, 3.05) is 32.3 Å². The first kappa shape index (κ1) is 20.1. The zero-order valence-electron chi connectivity index (χ0n) is 14.4. The Morgan fingerprint density at radius 2 is 1.46 bits per heavy atom. The average molecular weight is 396 g/mol. The van der Waals surface area contributed by atoms with Gasteiger partial charge in [0, 0.05) is 15.5 Å². The lowest BCUT2D eigenvalue weighted by molar-refractivity contribution is -0.139. The van der Waals surface area contributed by atoms with E-state index in [1.54, 1.807) is 30.3 Å². The van der Waals surface area contributed by atoms with Crippen LogP contribution in [0.1, 0.15) is 0 Å². The van der Waals surface area contributed by atoms with E-state index in [0.29, 0.717) is 17.3 Å². The Labute approximate surface area is 160 Å². The minimum Gasteiger partial charge on any atom is -0.504 e. The monoisotopic (exact) mass is 396 g/mol. The number of thioether (sulfide) groups is 2. The molecular formula is C18H20O6S2. The van der Waals surface area contributed by atoms with Gasteiger partial charge in [0.05, 0.1) is 20.0 Å². The van der Waals surface area contributed by atoms with Crippen molar-refractivity contribution in [3.05, 3.63) is 36.4 Å². The number of carbonyl (C=O) groups excluding carboxylic acids is 1. The number of esters is 1. The summed E-state index contributed by atoms with van der Waals surface area (Å²) in [5.41, 5.74) is 0. The summed E-state index contributed by atoms with van der Waals surface area (Å²) in [4.78, 5) is 13.5. The fourth-order valence-corrected chi connectivity index (χ4v) is 3.47. The molecule has 8 heteroatoms. The van der Waals surface area contributed by atoms with E-state index in [2.05, 4.69) is 0 Å². The molecule has 140 valence electrons. The van der Waals surface area contributed by atoms with Gasteiger partial charge in [-0.2, -0.15) is 0 Å². The summed E-state index contributed by atoms with van der Waals surface area (Å²) in [5, 5.41) is 19.1. The summed E-state index contributed by atoms with van der Waals surface area (Å²) >= 11 is 2.81. The molecule has 0 saturated heterocycles. The molecule has 2 aromatic carbocycles. The number of hydrogen-bond acceptors (Lipinski definition) is 8. The minimum atomic E-state index is -0.314. The van der Waals surface area contributed by atoms with Crippen molar-refractivity contribution < 1.29 is 29.2 Å². The first-order chi connectivity index (χ1) is 12.5. The van der Waals surface area contributed by atoms with Gasteiger partial charge < -0.3 is 24.4 Å². The van der Waals surface area contributed by atoms with Crippen molar-refractivity contribution in [1.29, 1.82) is 0 Å². The Balaban J connectivity index is 1.70. The largest absolute Gasteiger partial charge is 0.504 e. The molecule has 0 heterocycles. The van der Waals surface area contributed by atoms with Crippen molar-refractivity contribution in [2.45, 2.75) is 9.79 Å². The van der Waals surface area contributed by atoms with E-state index in [1.165, 1.54) is 43.8 Å². The first-order valence-corrected chi connectivity index (χ1v) is 9.66. The lowest BCUT2D eigenvalue weighted by Gasteiger charge is -2.08. The van der Waals surface area contributed by atoms with Crippen molar-refractivity contribution in [3.63, 3.8) is 0 Å². The summed E-state index contributed by atoms with van der Waals surface area (Å²) in [6.45, 7) is 0.284. The lowest BCUT2D eigenvalue weighted by Crippen LogP contribution is -2.09. The lowest BCUT2D eigenvalue weighted by atomic mass is 10.3. The number of carbonyl (C=O) groups is 1. The van der Waals surface area contributed by atoms with Gasteiger partial charge in [-0.1, -0.05) is 0 Å². The standard InChI is InChI=1S/C18H20O6S2/c1-22-16-9-12(3-5-14(16)19)25-8-7-24-18(21)11-26-13-4-6-15(20)17(10-13)23-2/h3-6,9-10,19-20H,7-8,11H2,1-2H3. The second-order valence-electron chi connectivity index (χ2n) is 5.02. The molecule has 0 aliphatic carbocycles. The van der Waals surface area contributed by atoms with Crippen molar-refractivity contribution in [1.82, 2.24) is 0 Å². The molecule has 0 spiro atoms. The maximum absolute atomic E-state index is 11.8. The topological polar surface area (TPSA) is 85.2 Å². The van der Waals surface area contributed by atoms with Gasteiger partial charge in [0.25, 0.3) is 0 Å². The molecule has 0 atom stereocenters. The van der Waals surface area contributed by atoms with Crippen LogP contribution in [0, 0.1) is 0 Å². The molecule has 2 aromatic rings. The first-order valence-electron chi connectivity index (χ1n) is 7.68. The van der Waals surface area contributed by atoms with Crippen LogP contribution < -0.4 is 9.47 Å². The Hall–Kier alpha value is -2.19. The fourth-order valence-electron chi connectivity index (χ4n) is 1.99. The van der Waals surface area contributed by atoms with Crippen LogP contribution in [0.4, 0.5) is 0 Å². The maximum Gasteiger partial charge on any atom is 0.316 e. The third-order valence-electron chi connectivity index (χ3n) is 3.27. The second-order valence-corrected chi connectivity index (χ2v) is 7.24. The van der Waals surface area contributed by atoms with E-state index in [4.69, 9.17) is 14.2 Å². The third-order valence-corrected chi connectivity index (χ3v) is 5.20. The number of rotatable bonds is 9. The highest BCUT2D eigenvalue weighted by Crippen LogP contribution is 2.32. The summed E-state index contributed by atoms with van der Waals surface area (Å²) < 4.78 is 15.3. The molecule has 0 amide bonds. The zero-order valence-corrected chi connectivity index (χ0v) is 16.1.